The lowest BCUT2D eigenvalue weighted by molar-refractivity contribution is 0.0479. The fourth-order valence-electron chi connectivity index (χ4n) is 2.52. The summed E-state index contributed by atoms with van der Waals surface area (Å²) in [5.41, 5.74) is 2.71. The highest BCUT2D eigenvalue weighted by atomic mass is 16.5. The van der Waals surface area contributed by atoms with E-state index in [1.165, 1.54) is 11.1 Å². The van der Waals surface area contributed by atoms with Crippen LogP contribution in [0.2, 0.25) is 0 Å². The second-order valence-electron chi connectivity index (χ2n) is 4.78. The molecular weight excluding hydrogens is 202 g/mol. The SMILES string of the molecule is OCC1CN(Cc2ccc3c(c2)CCO3)C1. The summed E-state index contributed by atoms with van der Waals surface area (Å²) in [4.78, 5) is 2.37. The molecule has 3 rings (SSSR count). The molecule has 1 aromatic rings. The third-order valence-electron chi connectivity index (χ3n) is 3.45. The first-order valence-corrected chi connectivity index (χ1v) is 5.93. The predicted octanol–water partition coefficient (Wildman–Crippen LogP) is 1.05. The summed E-state index contributed by atoms with van der Waals surface area (Å²) in [6, 6.07) is 6.49. The van der Waals surface area contributed by atoms with Crippen molar-refractivity contribution in [3.63, 3.8) is 0 Å². The van der Waals surface area contributed by atoms with Crippen molar-refractivity contribution in [2.75, 3.05) is 26.3 Å². The Balaban J connectivity index is 1.63. The second kappa shape index (κ2) is 4.07. The summed E-state index contributed by atoms with van der Waals surface area (Å²) in [5.74, 6) is 1.55. The van der Waals surface area contributed by atoms with Gasteiger partial charge in [0.2, 0.25) is 0 Å². The summed E-state index contributed by atoms with van der Waals surface area (Å²) in [6.07, 6.45) is 1.04. The van der Waals surface area contributed by atoms with Gasteiger partial charge in [-0.05, 0) is 17.2 Å². The van der Waals surface area contributed by atoms with Crippen LogP contribution in [0.25, 0.3) is 0 Å². The largest absolute Gasteiger partial charge is 0.493 e. The number of nitrogens with zero attached hydrogens (tertiary/aromatic N) is 1. The van der Waals surface area contributed by atoms with Crippen LogP contribution in [0.5, 0.6) is 5.75 Å². The molecule has 1 aromatic carbocycles. The molecule has 0 aromatic heterocycles. The Hall–Kier alpha value is -1.06. The Kier molecular flexibility index (Phi) is 2.58. The molecule has 0 amide bonds. The molecule has 0 atom stereocenters. The molecule has 0 saturated carbocycles. The molecule has 0 radical (unpaired) electrons. The lowest BCUT2D eigenvalue weighted by atomic mass is 10.00. The minimum absolute atomic E-state index is 0.328. The number of rotatable bonds is 3. The van der Waals surface area contributed by atoms with Gasteiger partial charge in [-0.1, -0.05) is 12.1 Å². The van der Waals surface area contributed by atoms with Crippen molar-refractivity contribution in [3.8, 4) is 5.75 Å². The van der Waals surface area contributed by atoms with E-state index in [1.807, 2.05) is 0 Å². The van der Waals surface area contributed by atoms with Crippen LogP contribution in [0.3, 0.4) is 0 Å². The van der Waals surface area contributed by atoms with Gasteiger partial charge in [0.25, 0.3) is 0 Å². The van der Waals surface area contributed by atoms with Crippen molar-refractivity contribution in [1.29, 1.82) is 0 Å². The zero-order chi connectivity index (χ0) is 11.0. The second-order valence-corrected chi connectivity index (χ2v) is 4.78. The number of benzene rings is 1. The minimum Gasteiger partial charge on any atom is -0.493 e. The lowest BCUT2D eigenvalue weighted by Crippen LogP contribution is -2.47. The van der Waals surface area contributed by atoms with E-state index in [0.717, 1.165) is 38.4 Å². The highest BCUT2D eigenvalue weighted by Gasteiger charge is 2.25. The maximum absolute atomic E-state index is 8.95. The molecule has 86 valence electrons. The van der Waals surface area contributed by atoms with E-state index >= 15 is 0 Å². The third kappa shape index (κ3) is 1.81. The molecule has 2 aliphatic rings. The normalized spacial score (nSPS) is 20.3. The molecule has 16 heavy (non-hydrogen) atoms. The van der Waals surface area contributed by atoms with Gasteiger partial charge in [-0.3, -0.25) is 4.90 Å². The van der Waals surface area contributed by atoms with Crippen molar-refractivity contribution in [2.24, 2.45) is 5.92 Å². The Morgan fingerprint density at radius 3 is 3.06 bits per heavy atom. The average molecular weight is 219 g/mol. The van der Waals surface area contributed by atoms with E-state index in [1.54, 1.807) is 0 Å². The van der Waals surface area contributed by atoms with Gasteiger partial charge in [-0.15, -0.1) is 0 Å². The van der Waals surface area contributed by atoms with Gasteiger partial charge < -0.3 is 9.84 Å². The Labute approximate surface area is 95.6 Å². The van der Waals surface area contributed by atoms with Gasteiger partial charge >= 0.3 is 0 Å². The summed E-state index contributed by atoms with van der Waals surface area (Å²) in [7, 11) is 0. The fraction of sp³-hybridized carbons (Fsp3) is 0.538. The van der Waals surface area contributed by atoms with E-state index in [-0.39, 0.29) is 0 Å². The van der Waals surface area contributed by atoms with Crippen LogP contribution in [0, 0.1) is 5.92 Å². The maximum atomic E-state index is 8.95. The summed E-state index contributed by atoms with van der Waals surface area (Å²) in [6.45, 7) is 4.22. The van der Waals surface area contributed by atoms with Crippen LogP contribution in [0.4, 0.5) is 0 Å². The van der Waals surface area contributed by atoms with E-state index in [4.69, 9.17) is 9.84 Å². The molecule has 3 nitrogen and oxygen atoms in total. The highest BCUT2D eigenvalue weighted by Crippen LogP contribution is 2.27. The van der Waals surface area contributed by atoms with Crippen LogP contribution < -0.4 is 4.74 Å². The van der Waals surface area contributed by atoms with Crippen molar-refractivity contribution >= 4 is 0 Å². The van der Waals surface area contributed by atoms with Crippen molar-refractivity contribution in [3.05, 3.63) is 29.3 Å². The molecule has 0 unspecified atom stereocenters. The van der Waals surface area contributed by atoms with Gasteiger partial charge in [0, 0.05) is 38.6 Å². The summed E-state index contributed by atoms with van der Waals surface area (Å²) in [5, 5.41) is 8.95. The standard InChI is InChI=1S/C13H17NO2/c15-9-11-7-14(8-11)6-10-1-2-13-12(5-10)3-4-16-13/h1-2,5,11,15H,3-4,6-9H2. The van der Waals surface area contributed by atoms with Crippen LogP contribution in [-0.2, 0) is 13.0 Å². The first kappa shape index (κ1) is 10.1. The molecule has 2 heterocycles. The van der Waals surface area contributed by atoms with Crippen LogP contribution in [-0.4, -0.2) is 36.3 Å². The molecular formula is C13H17NO2. The van der Waals surface area contributed by atoms with Gasteiger partial charge in [0.15, 0.2) is 0 Å². The van der Waals surface area contributed by atoms with Crippen LogP contribution in [0.1, 0.15) is 11.1 Å². The van der Waals surface area contributed by atoms with Gasteiger partial charge in [-0.2, -0.15) is 0 Å². The topological polar surface area (TPSA) is 32.7 Å². The quantitative estimate of drug-likeness (QED) is 0.824. The molecule has 0 bridgehead atoms. The van der Waals surface area contributed by atoms with Gasteiger partial charge in [-0.25, -0.2) is 0 Å². The van der Waals surface area contributed by atoms with Crippen LogP contribution >= 0.6 is 0 Å². The lowest BCUT2D eigenvalue weighted by Gasteiger charge is -2.38. The van der Waals surface area contributed by atoms with Gasteiger partial charge in [0.1, 0.15) is 5.75 Å². The molecule has 0 spiro atoms. The number of hydrogen-bond acceptors (Lipinski definition) is 3. The van der Waals surface area contributed by atoms with Gasteiger partial charge in [0.05, 0.1) is 6.61 Å². The first-order chi connectivity index (χ1) is 7.85. The maximum Gasteiger partial charge on any atom is 0.122 e. The van der Waals surface area contributed by atoms with E-state index < -0.39 is 0 Å². The number of aliphatic hydroxyl groups is 1. The molecule has 2 aliphatic heterocycles. The highest BCUT2D eigenvalue weighted by molar-refractivity contribution is 5.39. The fourth-order valence-corrected chi connectivity index (χ4v) is 2.52. The van der Waals surface area contributed by atoms with Crippen LogP contribution in [0.15, 0.2) is 18.2 Å². The van der Waals surface area contributed by atoms with E-state index in [2.05, 4.69) is 23.1 Å². The zero-order valence-corrected chi connectivity index (χ0v) is 9.35. The van der Waals surface area contributed by atoms with Crippen molar-refractivity contribution in [2.45, 2.75) is 13.0 Å². The summed E-state index contributed by atoms with van der Waals surface area (Å²) >= 11 is 0. The number of fused-ring (bicyclic) bond motifs is 1. The van der Waals surface area contributed by atoms with Crippen molar-refractivity contribution in [1.82, 2.24) is 4.90 Å². The molecule has 3 heteroatoms. The summed E-state index contributed by atoms with van der Waals surface area (Å²) < 4.78 is 5.49. The smallest absolute Gasteiger partial charge is 0.122 e. The van der Waals surface area contributed by atoms with Crippen molar-refractivity contribution < 1.29 is 9.84 Å². The first-order valence-electron chi connectivity index (χ1n) is 5.93. The zero-order valence-electron chi connectivity index (χ0n) is 9.35. The average Bonchev–Trinajstić information content (AvgIpc) is 2.69. The number of likely N-dealkylation sites (tertiary alicyclic amines) is 1. The number of hydrogen-bond donors (Lipinski definition) is 1. The number of aliphatic hydroxyl groups excluding tert-OH is 1. The Morgan fingerprint density at radius 1 is 1.38 bits per heavy atom. The molecule has 1 fully saturated rings. The molecule has 1 saturated heterocycles. The number of ether oxygens (including phenoxy) is 1. The minimum atomic E-state index is 0.328. The molecule has 0 aliphatic carbocycles. The Bertz CT molecular complexity index is 386. The molecule has 1 N–H and O–H groups in total. The predicted molar refractivity (Wildman–Crippen MR) is 61.5 cm³/mol. The third-order valence-corrected chi connectivity index (χ3v) is 3.45. The van der Waals surface area contributed by atoms with E-state index in [0.29, 0.717) is 12.5 Å². The van der Waals surface area contributed by atoms with E-state index in [9.17, 15) is 0 Å². The monoisotopic (exact) mass is 219 g/mol. The Morgan fingerprint density at radius 2 is 2.25 bits per heavy atom.